The van der Waals surface area contributed by atoms with Crippen LogP contribution in [-0.2, 0) is 4.79 Å². The Bertz CT molecular complexity index is 1170. The molecular weight excluding hydrogens is 402 g/mol. The van der Waals surface area contributed by atoms with E-state index in [0.29, 0.717) is 15.9 Å². The van der Waals surface area contributed by atoms with Crippen molar-refractivity contribution in [2.75, 3.05) is 5.32 Å². The van der Waals surface area contributed by atoms with Crippen molar-refractivity contribution in [3.63, 3.8) is 0 Å². The molecule has 1 atom stereocenters. The molecule has 29 heavy (non-hydrogen) atoms. The molecule has 1 amide bonds. The Morgan fingerprint density at radius 3 is 2.66 bits per heavy atom. The number of aromatic nitrogens is 2. The molecule has 0 saturated carbocycles. The molecule has 1 aromatic heterocycles. The number of anilines is 1. The van der Waals surface area contributed by atoms with Crippen LogP contribution in [0, 0.1) is 6.92 Å². The highest BCUT2D eigenvalue weighted by atomic mass is 35.5. The maximum atomic E-state index is 12.6. The van der Waals surface area contributed by atoms with E-state index >= 15 is 0 Å². The van der Waals surface area contributed by atoms with E-state index in [0.717, 1.165) is 27.7 Å². The Hall–Kier alpha value is -2.76. The van der Waals surface area contributed by atoms with Gasteiger partial charge in [0, 0.05) is 5.56 Å². The maximum absolute atomic E-state index is 12.6. The number of fused-ring (bicyclic) bond motifs is 1. The Labute approximate surface area is 178 Å². The molecule has 0 aliphatic heterocycles. The summed E-state index contributed by atoms with van der Waals surface area (Å²) in [6.45, 7) is 3.81. The van der Waals surface area contributed by atoms with Crippen molar-refractivity contribution in [1.29, 1.82) is 0 Å². The van der Waals surface area contributed by atoms with E-state index in [1.807, 2.05) is 62.4 Å². The summed E-state index contributed by atoms with van der Waals surface area (Å²) in [6, 6.07) is 21.8. The zero-order valence-corrected chi connectivity index (χ0v) is 17.6. The van der Waals surface area contributed by atoms with E-state index in [1.165, 1.54) is 11.8 Å². The number of aryl methyl sites for hydroxylation is 1. The number of hydrogen-bond donors (Lipinski definition) is 2. The van der Waals surface area contributed by atoms with Crippen LogP contribution in [0.25, 0.3) is 22.2 Å². The summed E-state index contributed by atoms with van der Waals surface area (Å²) >= 11 is 7.62. The first kappa shape index (κ1) is 19.6. The average molecular weight is 422 g/mol. The van der Waals surface area contributed by atoms with Crippen molar-refractivity contribution in [1.82, 2.24) is 9.97 Å². The molecule has 4 aromatic rings. The Kier molecular flexibility index (Phi) is 5.60. The summed E-state index contributed by atoms with van der Waals surface area (Å²) in [4.78, 5) is 20.7. The average Bonchev–Trinajstić information content (AvgIpc) is 3.13. The molecule has 3 aromatic carbocycles. The van der Waals surface area contributed by atoms with Crippen LogP contribution in [0.2, 0.25) is 5.02 Å². The molecule has 1 unspecified atom stereocenters. The predicted octanol–water partition coefficient (Wildman–Crippen LogP) is 6.31. The number of carbonyl (C=O) groups is 1. The summed E-state index contributed by atoms with van der Waals surface area (Å²) in [7, 11) is 0. The highest BCUT2D eigenvalue weighted by Gasteiger charge is 2.18. The third kappa shape index (κ3) is 4.31. The van der Waals surface area contributed by atoms with Crippen molar-refractivity contribution in [3.05, 3.63) is 77.3 Å². The number of thioether (sulfide) groups is 1. The number of amides is 1. The van der Waals surface area contributed by atoms with Gasteiger partial charge >= 0.3 is 0 Å². The maximum Gasteiger partial charge on any atom is 0.237 e. The van der Waals surface area contributed by atoms with Gasteiger partial charge in [-0.2, -0.15) is 0 Å². The molecule has 4 rings (SSSR count). The van der Waals surface area contributed by atoms with Crippen LogP contribution in [0.4, 0.5) is 5.69 Å². The lowest BCUT2D eigenvalue weighted by Gasteiger charge is -2.12. The number of para-hydroxylation sites is 1. The lowest BCUT2D eigenvalue weighted by molar-refractivity contribution is -0.115. The number of rotatable bonds is 5. The predicted molar refractivity (Wildman–Crippen MR) is 122 cm³/mol. The lowest BCUT2D eigenvalue weighted by Crippen LogP contribution is -2.22. The van der Waals surface area contributed by atoms with Crippen molar-refractivity contribution in [2.45, 2.75) is 24.3 Å². The number of nitrogens with one attached hydrogen (secondary N) is 2. The SMILES string of the molecule is Cc1ccc(NC(=O)C(C)Sc2nc3c(-c4ccccc4)cccc3[nH]2)c(Cl)c1. The molecule has 0 saturated heterocycles. The van der Waals surface area contributed by atoms with Crippen molar-refractivity contribution >= 4 is 46.0 Å². The van der Waals surface area contributed by atoms with Gasteiger partial charge in [0.2, 0.25) is 5.91 Å². The minimum atomic E-state index is -0.340. The fraction of sp³-hybridized carbons (Fsp3) is 0.130. The first-order valence-electron chi connectivity index (χ1n) is 9.29. The Balaban J connectivity index is 1.54. The van der Waals surface area contributed by atoms with Gasteiger partial charge < -0.3 is 10.3 Å². The van der Waals surface area contributed by atoms with Gasteiger partial charge in [0.15, 0.2) is 5.16 Å². The highest BCUT2D eigenvalue weighted by molar-refractivity contribution is 8.00. The number of carbonyl (C=O) groups excluding carboxylic acids is 1. The van der Waals surface area contributed by atoms with E-state index in [4.69, 9.17) is 16.6 Å². The summed E-state index contributed by atoms with van der Waals surface area (Å²) in [5.41, 5.74) is 5.69. The topological polar surface area (TPSA) is 57.8 Å². The largest absolute Gasteiger partial charge is 0.333 e. The monoisotopic (exact) mass is 421 g/mol. The molecule has 4 nitrogen and oxygen atoms in total. The van der Waals surface area contributed by atoms with Crippen LogP contribution in [0.3, 0.4) is 0 Å². The number of aromatic amines is 1. The van der Waals surface area contributed by atoms with Crippen LogP contribution >= 0.6 is 23.4 Å². The Morgan fingerprint density at radius 1 is 1.10 bits per heavy atom. The van der Waals surface area contributed by atoms with Crippen LogP contribution in [-0.4, -0.2) is 21.1 Å². The molecule has 0 radical (unpaired) electrons. The normalized spacial score (nSPS) is 12.1. The van der Waals surface area contributed by atoms with Gasteiger partial charge in [-0.15, -0.1) is 0 Å². The fourth-order valence-electron chi connectivity index (χ4n) is 3.09. The van der Waals surface area contributed by atoms with Crippen LogP contribution in [0.15, 0.2) is 71.9 Å². The molecule has 146 valence electrons. The van der Waals surface area contributed by atoms with E-state index in [2.05, 4.69) is 28.5 Å². The minimum Gasteiger partial charge on any atom is -0.333 e. The van der Waals surface area contributed by atoms with E-state index in [9.17, 15) is 4.79 Å². The Morgan fingerprint density at radius 2 is 1.90 bits per heavy atom. The quantitative estimate of drug-likeness (QED) is 0.371. The number of hydrogen-bond acceptors (Lipinski definition) is 3. The number of benzene rings is 3. The standard InChI is InChI=1S/C23H20ClN3OS/c1-14-11-12-19(18(24)13-14)25-22(28)15(2)29-23-26-20-10-6-9-17(21(20)27-23)16-7-4-3-5-8-16/h3-13,15H,1-2H3,(H,25,28)(H,26,27). The van der Waals surface area contributed by atoms with Gasteiger partial charge in [0.05, 0.1) is 27.0 Å². The number of H-pyrrole nitrogens is 1. The van der Waals surface area contributed by atoms with Gasteiger partial charge in [-0.3, -0.25) is 4.79 Å². The molecule has 0 aliphatic carbocycles. The second-order valence-corrected chi connectivity index (χ2v) is 8.58. The third-order valence-electron chi connectivity index (χ3n) is 4.62. The molecule has 6 heteroatoms. The van der Waals surface area contributed by atoms with Gasteiger partial charge in [-0.1, -0.05) is 71.9 Å². The number of imidazole rings is 1. The molecule has 0 spiro atoms. The van der Waals surface area contributed by atoms with Crippen LogP contribution in [0.5, 0.6) is 0 Å². The summed E-state index contributed by atoms with van der Waals surface area (Å²) in [5, 5.41) is 3.80. The third-order valence-corrected chi connectivity index (χ3v) is 5.91. The smallest absolute Gasteiger partial charge is 0.237 e. The van der Waals surface area contributed by atoms with E-state index in [1.54, 1.807) is 0 Å². The lowest BCUT2D eigenvalue weighted by atomic mass is 10.0. The number of nitrogens with zero attached hydrogens (tertiary/aromatic N) is 1. The first-order chi connectivity index (χ1) is 14.0. The molecule has 0 fully saturated rings. The number of halogens is 1. The zero-order valence-electron chi connectivity index (χ0n) is 16.1. The van der Waals surface area contributed by atoms with Gasteiger partial charge in [-0.05, 0) is 43.2 Å². The fourth-order valence-corrected chi connectivity index (χ4v) is 4.19. The van der Waals surface area contributed by atoms with Crippen molar-refractivity contribution in [3.8, 4) is 11.1 Å². The minimum absolute atomic E-state index is 0.121. The van der Waals surface area contributed by atoms with Crippen molar-refractivity contribution in [2.24, 2.45) is 0 Å². The van der Waals surface area contributed by atoms with Crippen LogP contribution in [0.1, 0.15) is 12.5 Å². The molecule has 1 heterocycles. The molecule has 2 N–H and O–H groups in total. The van der Waals surface area contributed by atoms with Gasteiger partial charge in [0.1, 0.15) is 0 Å². The summed E-state index contributed by atoms with van der Waals surface area (Å²) < 4.78 is 0. The van der Waals surface area contributed by atoms with E-state index < -0.39 is 0 Å². The first-order valence-corrected chi connectivity index (χ1v) is 10.5. The van der Waals surface area contributed by atoms with Gasteiger partial charge in [0.25, 0.3) is 0 Å². The van der Waals surface area contributed by atoms with Gasteiger partial charge in [-0.25, -0.2) is 4.98 Å². The van der Waals surface area contributed by atoms with E-state index in [-0.39, 0.29) is 11.2 Å². The second-order valence-electron chi connectivity index (χ2n) is 6.84. The molecule has 0 aliphatic rings. The van der Waals surface area contributed by atoms with Crippen LogP contribution < -0.4 is 5.32 Å². The summed E-state index contributed by atoms with van der Waals surface area (Å²) in [6.07, 6.45) is 0. The second kappa shape index (κ2) is 8.31. The highest BCUT2D eigenvalue weighted by Crippen LogP contribution is 2.31. The van der Waals surface area contributed by atoms with Crippen molar-refractivity contribution < 1.29 is 4.79 Å². The molecular formula is C23H20ClN3OS. The summed E-state index contributed by atoms with van der Waals surface area (Å²) in [5.74, 6) is -0.121. The zero-order chi connectivity index (χ0) is 20.4. The molecule has 0 bridgehead atoms.